The molecule has 7 nitrogen and oxygen atoms in total. The zero-order valence-corrected chi connectivity index (χ0v) is 18.9. The minimum atomic E-state index is -0.438. The maximum Gasteiger partial charge on any atom is 0.240 e. The van der Waals surface area contributed by atoms with Gasteiger partial charge in [0.2, 0.25) is 11.7 Å². The highest BCUT2D eigenvalue weighted by Crippen LogP contribution is 2.37. The van der Waals surface area contributed by atoms with E-state index in [9.17, 15) is 4.79 Å². The van der Waals surface area contributed by atoms with Crippen LogP contribution in [0.2, 0.25) is 0 Å². The number of furan rings is 1. The van der Waals surface area contributed by atoms with E-state index in [4.69, 9.17) is 9.15 Å². The number of rotatable bonds is 7. The molecule has 0 bridgehead atoms. The Morgan fingerprint density at radius 3 is 2.36 bits per heavy atom. The molecule has 1 aliphatic heterocycles. The molecule has 2 aromatic carbocycles. The van der Waals surface area contributed by atoms with Crippen molar-refractivity contribution in [1.82, 2.24) is 19.7 Å². The van der Waals surface area contributed by atoms with Gasteiger partial charge in [-0.05, 0) is 23.3 Å². The molecular formula is C25H24N4O3S. The summed E-state index contributed by atoms with van der Waals surface area (Å²) in [5.41, 5.74) is 2.05. The normalized spacial score (nSPS) is 14.8. The number of amides is 1. The third kappa shape index (κ3) is 4.86. The fourth-order valence-electron chi connectivity index (χ4n) is 3.82. The molecule has 0 N–H and O–H groups in total. The van der Waals surface area contributed by atoms with Crippen LogP contribution in [0.3, 0.4) is 0 Å². The first-order valence-corrected chi connectivity index (χ1v) is 11.8. The number of carbonyl (C=O) groups is 1. The molecule has 168 valence electrons. The van der Waals surface area contributed by atoms with E-state index in [1.165, 1.54) is 11.8 Å². The summed E-state index contributed by atoms with van der Waals surface area (Å²) in [5, 5.41) is 9.14. The summed E-state index contributed by atoms with van der Waals surface area (Å²) in [6.45, 7) is 2.88. The van der Waals surface area contributed by atoms with Crippen molar-refractivity contribution in [1.29, 1.82) is 0 Å². The Balaban J connectivity index is 1.51. The summed E-state index contributed by atoms with van der Waals surface area (Å²) in [5.74, 6) is 1.33. The molecule has 2 aromatic heterocycles. The molecule has 0 radical (unpaired) electrons. The van der Waals surface area contributed by atoms with E-state index in [-0.39, 0.29) is 5.91 Å². The second kappa shape index (κ2) is 10.1. The topological polar surface area (TPSA) is 73.4 Å². The van der Waals surface area contributed by atoms with Crippen LogP contribution in [-0.4, -0.2) is 51.9 Å². The highest BCUT2D eigenvalue weighted by molar-refractivity contribution is 8.00. The lowest BCUT2D eigenvalue weighted by molar-refractivity contribution is -0.134. The largest absolute Gasteiger partial charge is 0.461 e. The maximum atomic E-state index is 13.6. The lowest BCUT2D eigenvalue weighted by atomic mass is 10.1. The number of benzene rings is 2. The Morgan fingerprint density at radius 1 is 0.939 bits per heavy atom. The molecule has 0 aliphatic carbocycles. The van der Waals surface area contributed by atoms with Crippen LogP contribution >= 0.6 is 11.8 Å². The van der Waals surface area contributed by atoms with Crippen LogP contribution in [0.4, 0.5) is 0 Å². The molecule has 0 unspecified atom stereocenters. The van der Waals surface area contributed by atoms with E-state index in [1.807, 2.05) is 70.1 Å². The molecule has 8 heteroatoms. The first-order valence-electron chi connectivity index (χ1n) is 10.9. The lowest BCUT2D eigenvalue weighted by Gasteiger charge is -2.30. The van der Waals surface area contributed by atoms with E-state index in [0.29, 0.717) is 49.6 Å². The van der Waals surface area contributed by atoms with Gasteiger partial charge in [0.25, 0.3) is 0 Å². The van der Waals surface area contributed by atoms with E-state index in [0.717, 1.165) is 11.1 Å². The summed E-state index contributed by atoms with van der Waals surface area (Å²) >= 11 is 1.42. The van der Waals surface area contributed by atoms with Crippen molar-refractivity contribution in [2.45, 2.75) is 17.0 Å². The predicted octanol–water partition coefficient (Wildman–Crippen LogP) is 4.28. The van der Waals surface area contributed by atoms with E-state index >= 15 is 0 Å². The SMILES string of the molecule is O=C([C@H](Sc1nnc(-c2ccco2)n1Cc1ccccc1)c1ccccc1)N1CCOCC1. The second-order valence-electron chi connectivity index (χ2n) is 7.70. The van der Waals surface area contributed by atoms with Gasteiger partial charge in [-0.15, -0.1) is 10.2 Å². The second-order valence-corrected chi connectivity index (χ2v) is 8.77. The van der Waals surface area contributed by atoms with Crippen molar-refractivity contribution in [3.05, 3.63) is 90.2 Å². The zero-order chi connectivity index (χ0) is 22.5. The molecule has 33 heavy (non-hydrogen) atoms. The number of morpholine rings is 1. The fraction of sp³-hybridized carbons (Fsp3) is 0.240. The first kappa shape index (κ1) is 21.5. The molecule has 0 saturated carbocycles. The van der Waals surface area contributed by atoms with Crippen LogP contribution in [0.5, 0.6) is 0 Å². The van der Waals surface area contributed by atoms with Crippen LogP contribution < -0.4 is 0 Å². The van der Waals surface area contributed by atoms with Gasteiger partial charge in [-0.3, -0.25) is 9.36 Å². The molecule has 0 spiro atoms. The number of thioether (sulfide) groups is 1. The van der Waals surface area contributed by atoms with Crippen LogP contribution in [0, 0.1) is 0 Å². The summed E-state index contributed by atoms with van der Waals surface area (Å²) in [6, 6.07) is 23.7. The Morgan fingerprint density at radius 2 is 1.67 bits per heavy atom. The highest BCUT2D eigenvalue weighted by atomic mass is 32.2. The van der Waals surface area contributed by atoms with Crippen LogP contribution in [0.15, 0.2) is 88.6 Å². The summed E-state index contributed by atoms with van der Waals surface area (Å²) < 4.78 is 13.1. The van der Waals surface area contributed by atoms with Gasteiger partial charge in [0.1, 0.15) is 5.25 Å². The Labute approximate surface area is 196 Å². The number of hydrogen-bond donors (Lipinski definition) is 0. The molecular weight excluding hydrogens is 436 g/mol. The van der Waals surface area contributed by atoms with E-state index < -0.39 is 5.25 Å². The summed E-state index contributed by atoms with van der Waals surface area (Å²) in [4.78, 5) is 15.5. The van der Waals surface area contributed by atoms with Gasteiger partial charge in [-0.2, -0.15) is 0 Å². The molecule has 3 heterocycles. The van der Waals surface area contributed by atoms with E-state index in [1.54, 1.807) is 6.26 Å². The Bertz CT molecular complexity index is 1170. The van der Waals surface area contributed by atoms with Crippen molar-refractivity contribution < 1.29 is 13.9 Å². The minimum Gasteiger partial charge on any atom is -0.461 e. The number of carbonyl (C=O) groups excluding carboxylic acids is 1. The average Bonchev–Trinajstić information content (AvgIpc) is 3.54. The van der Waals surface area contributed by atoms with Gasteiger partial charge >= 0.3 is 0 Å². The van der Waals surface area contributed by atoms with Crippen molar-refractivity contribution >= 4 is 17.7 Å². The molecule has 1 atom stereocenters. The predicted molar refractivity (Wildman–Crippen MR) is 126 cm³/mol. The smallest absolute Gasteiger partial charge is 0.240 e. The fourth-order valence-corrected chi connectivity index (χ4v) is 4.94. The number of nitrogens with zero attached hydrogens (tertiary/aromatic N) is 4. The monoisotopic (exact) mass is 460 g/mol. The van der Waals surface area contributed by atoms with Gasteiger partial charge in [0, 0.05) is 13.1 Å². The first-order chi connectivity index (χ1) is 16.3. The molecule has 1 aliphatic rings. The molecule has 4 aromatic rings. The van der Waals surface area contributed by atoms with Crippen molar-refractivity contribution in [2.24, 2.45) is 0 Å². The van der Waals surface area contributed by atoms with Gasteiger partial charge in [-0.1, -0.05) is 72.4 Å². The van der Waals surface area contributed by atoms with Crippen molar-refractivity contribution in [3.63, 3.8) is 0 Å². The average molecular weight is 461 g/mol. The van der Waals surface area contributed by atoms with Crippen LogP contribution in [-0.2, 0) is 16.1 Å². The van der Waals surface area contributed by atoms with Gasteiger partial charge < -0.3 is 14.1 Å². The summed E-state index contributed by atoms with van der Waals surface area (Å²) in [7, 11) is 0. The van der Waals surface area contributed by atoms with Gasteiger partial charge in [-0.25, -0.2) is 0 Å². The number of ether oxygens (including phenoxy) is 1. The van der Waals surface area contributed by atoms with Gasteiger partial charge in [0.15, 0.2) is 10.9 Å². The number of hydrogen-bond acceptors (Lipinski definition) is 6. The quantitative estimate of drug-likeness (QED) is 0.383. The van der Waals surface area contributed by atoms with Crippen molar-refractivity contribution in [3.8, 4) is 11.6 Å². The Hall–Kier alpha value is -3.36. The van der Waals surface area contributed by atoms with Gasteiger partial charge in [0.05, 0.1) is 26.0 Å². The number of aromatic nitrogens is 3. The highest BCUT2D eigenvalue weighted by Gasteiger charge is 2.30. The molecule has 1 amide bonds. The zero-order valence-electron chi connectivity index (χ0n) is 18.0. The maximum absolute atomic E-state index is 13.6. The lowest BCUT2D eigenvalue weighted by Crippen LogP contribution is -2.42. The molecule has 1 fully saturated rings. The minimum absolute atomic E-state index is 0.0586. The van der Waals surface area contributed by atoms with Crippen molar-refractivity contribution in [2.75, 3.05) is 26.3 Å². The standard InChI is InChI=1S/C25H24N4O3S/c30-24(28-13-16-31-17-14-28)22(20-10-5-2-6-11-20)33-25-27-26-23(21-12-7-15-32-21)29(25)18-19-8-3-1-4-9-19/h1-12,15,22H,13-14,16-18H2/t22-/m1/s1. The molecule has 1 saturated heterocycles. The third-order valence-corrected chi connectivity index (χ3v) is 6.74. The molecule has 5 rings (SSSR count). The van der Waals surface area contributed by atoms with Crippen LogP contribution in [0.25, 0.3) is 11.6 Å². The van der Waals surface area contributed by atoms with E-state index in [2.05, 4.69) is 22.3 Å². The Kier molecular flexibility index (Phi) is 6.55. The third-order valence-electron chi connectivity index (χ3n) is 5.51. The summed E-state index contributed by atoms with van der Waals surface area (Å²) in [6.07, 6.45) is 1.62. The van der Waals surface area contributed by atoms with Crippen LogP contribution in [0.1, 0.15) is 16.4 Å².